The van der Waals surface area contributed by atoms with E-state index in [0.717, 1.165) is 0 Å². The van der Waals surface area contributed by atoms with Gasteiger partial charge in [0.05, 0.1) is 0 Å². The number of aromatic nitrogens is 1. The Morgan fingerprint density at radius 3 is 2.60 bits per heavy atom. The molecule has 0 bridgehead atoms. The zero-order valence-corrected chi connectivity index (χ0v) is 10.3. The van der Waals surface area contributed by atoms with Gasteiger partial charge in [-0.15, -0.1) is 0 Å². The van der Waals surface area contributed by atoms with Gasteiger partial charge in [-0.05, 0) is 24.3 Å². The Labute approximate surface area is 114 Å². The highest BCUT2D eigenvalue weighted by Gasteiger charge is 2.24. The standard InChI is InChI=1S/C15H9FN2O2/c16-12-4-2-1-3-11(12)9-13-15(19)20-14(18-13)10-5-7-17-8-6-10/h1-9H. The minimum Gasteiger partial charge on any atom is -0.402 e. The van der Waals surface area contributed by atoms with Gasteiger partial charge < -0.3 is 4.74 Å². The third-order valence-corrected chi connectivity index (χ3v) is 2.75. The lowest BCUT2D eigenvalue weighted by atomic mass is 10.2. The number of pyridine rings is 1. The Morgan fingerprint density at radius 2 is 1.85 bits per heavy atom. The van der Waals surface area contributed by atoms with Crippen LogP contribution in [0.25, 0.3) is 6.08 Å². The molecule has 4 nitrogen and oxygen atoms in total. The second-order valence-electron chi connectivity index (χ2n) is 4.09. The third kappa shape index (κ3) is 2.33. The molecule has 0 saturated carbocycles. The highest BCUT2D eigenvalue weighted by atomic mass is 19.1. The summed E-state index contributed by atoms with van der Waals surface area (Å²) in [6.45, 7) is 0. The van der Waals surface area contributed by atoms with Crippen molar-refractivity contribution in [2.45, 2.75) is 0 Å². The minimum atomic E-state index is -0.597. The molecule has 98 valence electrons. The monoisotopic (exact) mass is 268 g/mol. The molecule has 0 amide bonds. The van der Waals surface area contributed by atoms with Gasteiger partial charge in [0.1, 0.15) is 5.82 Å². The first-order valence-electron chi connectivity index (χ1n) is 5.91. The molecule has 0 unspecified atom stereocenters. The maximum absolute atomic E-state index is 13.5. The van der Waals surface area contributed by atoms with Gasteiger partial charge in [-0.25, -0.2) is 14.2 Å². The SMILES string of the molecule is O=C1OC(c2ccncc2)=NC1=Cc1ccccc1F. The van der Waals surface area contributed by atoms with E-state index in [-0.39, 0.29) is 11.6 Å². The number of benzene rings is 1. The number of hydrogen-bond donors (Lipinski definition) is 0. The summed E-state index contributed by atoms with van der Waals surface area (Å²) in [5, 5.41) is 0. The summed E-state index contributed by atoms with van der Waals surface area (Å²) in [6.07, 6.45) is 4.51. The van der Waals surface area contributed by atoms with Gasteiger partial charge in [0.15, 0.2) is 5.70 Å². The number of carbonyl (C=O) groups is 1. The van der Waals surface area contributed by atoms with Crippen LogP contribution in [0.3, 0.4) is 0 Å². The molecule has 0 saturated heterocycles. The maximum Gasteiger partial charge on any atom is 0.363 e. The average Bonchev–Trinajstić information content (AvgIpc) is 2.84. The first-order chi connectivity index (χ1) is 9.74. The van der Waals surface area contributed by atoms with Crippen LogP contribution in [0.4, 0.5) is 4.39 Å². The van der Waals surface area contributed by atoms with E-state index in [4.69, 9.17) is 4.74 Å². The van der Waals surface area contributed by atoms with Crippen molar-refractivity contribution >= 4 is 17.9 Å². The highest BCUT2D eigenvalue weighted by Crippen LogP contribution is 2.19. The van der Waals surface area contributed by atoms with Gasteiger partial charge in [0.2, 0.25) is 5.90 Å². The topological polar surface area (TPSA) is 51.5 Å². The van der Waals surface area contributed by atoms with Crippen LogP contribution in [0, 0.1) is 5.82 Å². The number of cyclic esters (lactones) is 1. The van der Waals surface area contributed by atoms with E-state index in [9.17, 15) is 9.18 Å². The van der Waals surface area contributed by atoms with Crippen molar-refractivity contribution in [1.82, 2.24) is 4.98 Å². The molecule has 0 aliphatic carbocycles. The number of aliphatic imine (C=N–C) groups is 1. The summed E-state index contributed by atoms with van der Waals surface area (Å²) >= 11 is 0. The minimum absolute atomic E-state index is 0.0712. The lowest BCUT2D eigenvalue weighted by Gasteiger charge is -1.96. The first-order valence-corrected chi connectivity index (χ1v) is 5.91. The van der Waals surface area contributed by atoms with E-state index in [1.165, 1.54) is 12.1 Å². The quantitative estimate of drug-likeness (QED) is 0.621. The van der Waals surface area contributed by atoms with E-state index in [1.807, 2.05) is 0 Å². The normalized spacial score (nSPS) is 16.1. The Hall–Kier alpha value is -2.82. The largest absolute Gasteiger partial charge is 0.402 e. The van der Waals surface area contributed by atoms with Crippen molar-refractivity contribution in [1.29, 1.82) is 0 Å². The van der Waals surface area contributed by atoms with Crippen molar-refractivity contribution in [3.05, 3.63) is 71.4 Å². The summed E-state index contributed by atoms with van der Waals surface area (Å²) in [5.74, 6) is -0.819. The summed E-state index contributed by atoms with van der Waals surface area (Å²) in [4.78, 5) is 19.7. The molecule has 0 spiro atoms. The van der Waals surface area contributed by atoms with Crippen molar-refractivity contribution in [2.24, 2.45) is 4.99 Å². The Kier molecular flexibility index (Phi) is 3.09. The number of ether oxygens (including phenoxy) is 1. The molecular weight excluding hydrogens is 259 g/mol. The van der Waals surface area contributed by atoms with Crippen molar-refractivity contribution < 1.29 is 13.9 Å². The van der Waals surface area contributed by atoms with Crippen LogP contribution in [0.2, 0.25) is 0 Å². The van der Waals surface area contributed by atoms with Crippen LogP contribution in [-0.2, 0) is 9.53 Å². The zero-order valence-electron chi connectivity index (χ0n) is 10.3. The average molecular weight is 268 g/mol. The molecule has 1 aromatic carbocycles. The zero-order chi connectivity index (χ0) is 13.9. The molecule has 5 heteroatoms. The lowest BCUT2D eigenvalue weighted by Crippen LogP contribution is -2.05. The van der Waals surface area contributed by atoms with E-state index in [0.29, 0.717) is 11.1 Å². The molecule has 0 N–H and O–H groups in total. The van der Waals surface area contributed by atoms with Crippen LogP contribution in [0.1, 0.15) is 11.1 Å². The molecule has 0 atom stereocenters. The Bertz CT molecular complexity index is 724. The second kappa shape index (κ2) is 5.05. The molecule has 3 rings (SSSR count). The molecule has 1 aliphatic heterocycles. The number of nitrogens with zero attached hydrogens (tertiary/aromatic N) is 2. The van der Waals surface area contributed by atoms with Crippen LogP contribution in [0.5, 0.6) is 0 Å². The molecule has 2 aromatic rings. The second-order valence-corrected chi connectivity index (χ2v) is 4.09. The predicted molar refractivity (Wildman–Crippen MR) is 71.2 cm³/mol. The van der Waals surface area contributed by atoms with E-state index in [1.54, 1.807) is 42.7 Å². The molecule has 0 fully saturated rings. The molecule has 20 heavy (non-hydrogen) atoms. The van der Waals surface area contributed by atoms with E-state index >= 15 is 0 Å². The molecule has 1 aliphatic rings. The third-order valence-electron chi connectivity index (χ3n) is 2.75. The fourth-order valence-electron chi connectivity index (χ4n) is 1.77. The molecular formula is C15H9FN2O2. The fourth-order valence-corrected chi connectivity index (χ4v) is 1.77. The first kappa shape index (κ1) is 12.2. The van der Waals surface area contributed by atoms with Crippen LogP contribution >= 0.6 is 0 Å². The van der Waals surface area contributed by atoms with Gasteiger partial charge >= 0.3 is 5.97 Å². The Morgan fingerprint density at radius 1 is 1.10 bits per heavy atom. The molecule has 2 heterocycles. The van der Waals surface area contributed by atoms with Crippen molar-refractivity contribution in [3.8, 4) is 0 Å². The van der Waals surface area contributed by atoms with Gasteiger partial charge in [-0.3, -0.25) is 4.98 Å². The van der Waals surface area contributed by atoms with Crippen LogP contribution in [-0.4, -0.2) is 16.9 Å². The van der Waals surface area contributed by atoms with E-state index in [2.05, 4.69) is 9.98 Å². The number of carbonyl (C=O) groups excluding carboxylic acids is 1. The predicted octanol–water partition coefficient (Wildman–Crippen LogP) is 2.57. The Balaban J connectivity index is 1.97. The maximum atomic E-state index is 13.5. The summed E-state index contributed by atoms with van der Waals surface area (Å²) in [6, 6.07) is 9.51. The van der Waals surface area contributed by atoms with Gasteiger partial charge in [0.25, 0.3) is 0 Å². The summed E-state index contributed by atoms with van der Waals surface area (Å²) in [7, 11) is 0. The fraction of sp³-hybridized carbons (Fsp3) is 0. The lowest BCUT2D eigenvalue weighted by molar-refractivity contribution is -0.129. The molecule has 1 aromatic heterocycles. The summed E-state index contributed by atoms with van der Waals surface area (Å²) in [5.41, 5.74) is 1.01. The highest BCUT2D eigenvalue weighted by molar-refractivity contribution is 6.12. The van der Waals surface area contributed by atoms with E-state index < -0.39 is 11.8 Å². The van der Waals surface area contributed by atoms with Crippen molar-refractivity contribution in [2.75, 3.05) is 0 Å². The number of halogens is 1. The van der Waals surface area contributed by atoms with Gasteiger partial charge in [-0.1, -0.05) is 18.2 Å². The summed E-state index contributed by atoms with van der Waals surface area (Å²) < 4.78 is 18.6. The van der Waals surface area contributed by atoms with Gasteiger partial charge in [-0.2, -0.15) is 0 Å². The smallest absolute Gasteiger partial charge is 0.363 e. The number of rotatable bonds is 2. The molecule has 0 radical (unpaired) electrons. The number of hydrogen-bond acceptors (Lipinski definition) is 4. The number of esters is 1. The van der Waals surface area contributed by atoms with Crippen LogP contribution in [0.15, 0.2) is 59.5 Å². The van der Waals surface area contributed by atoms with Gasteiger partial charge in [0, 0.05) is 23.5 Å². The van der Waals surface area contributed by atoms with Crippen molar-refractivity contribution in [3.63, 3.8) is 0 Å². The van der Waals surface area contributed by atoms with Crippen LogP contribution < -0.4 is 0 Å².